The molecule has 1 aromatic rings. The zero-order valence-corrected chi connectivity index (χ0v) is 16.5. The van der Waals surface area contributed by atoms with Crippen LogP contribution in [0.5, 0.6) is 0 Å². The second-order valence-corrected chi connectivity index (χ2v) is 7.48. The minimum atomic E-state index is -3.60. The highest BCUT2D eigenvalue weighted by Crippen LogP contribution is 2.19. The van der Waals surface area contributed by atoms with E-state index >= 15 is 0 Å². The van der Waals surface area contributed by atoms with Crippen molar-refractivity contribution in [2.24, 2.45) is 7.05 Å². The first-order valence-electron chi connectivity index (χ1n) is 8.27. The van der Waals surface area contributed by atoms with Crippen molar-refractivity contribution in [1.29, 1.82) is 0 Å². The third-order valence-electron chi connectivity index (χ3n) is 3.96. The lowest BCUT2D eigenvalue weighted by Crippen LogP contribution is -2.37. The third kappa shape index (κ3) is 5.27. The number of carbonyl (C=O) groups is 1. The number of hydrogen-bond donors (Lipinski definition) is 0. The van der Waals surface area contributed by atoms with Crippen molar-refractivity contribution in [2.45, 2.75) is 18.7 Å². The van der Waals surface area contributed by atoms with E-state index in [0.29, 0.717) is 45.1 Å². The summed E-state index contributed by atoms with van der Waals surface area (Å²) >= 11 is 0. The van der Waals surface area contributed by atoms with Gasteiger partial charge in [0.1, 0.15) is 10.6 Å². The number of aryl methyl sites for hydroxylation is 1. The average molecular weight is 375 g/mol. The van der Waals surface area contributed by atoms with Gasteiger partial charge in [-0.15, -0.1) is 0 Å². The number of sulfonamides is 1. The van der Waals surface area contributed by atoms with E-state index in [1.165, 1.54) is 16.6 Å². The molecule has 0 bridgehead atoms. The molecule has 9 heteroatoms. The molecule has 1 amide bonds. The number of aromatic nitrogens is 1. The first kappa shape index (κ1) is 21.6. The standard InChI is InChI=1S/C16H29N3O5S/c1-6-19(7-2)25(21,22)14-12-15(17(3)13-14)16(20)18(8-10-23-4)9-11-24-5/h12-13H,6-11H2,1-5H3. The molecule has 0 saturated carbocycles. The summed E-state index contributed by atoms with van der Waals surface area (Å²) in [4.78, 5) is 14.5. The Labute approximate surface area is 150 Å². The Hall–Kier alpha value is -1.42. The molecule has 0 aliphatic rings. The Morgan fingerprint density at radius 2 is 1.64 bits per heavy atom. The molecule has 0 fully saturated rings. The van der Waals surface area contributed by atoms with Gasteiger partial charge in [-0.1, -0.05) is 13.8 Å². The van der Waals surface area contributed by atoms with Crippen LogP contribution in [0, 0.1) is 0 Å². The van der Waals surface area contributed by atoms with Crippen molar-refractivity contribution >= 4 is 15.9 Å². The van der Waals surface area contributed by atoms with Crippen LogP contribution in [-0.2, 0) is 26.5 Å². The van der Waals surface area contributed by atoms with E-state index in [1.54, 1.807) is 44.6 Å². The predicted molar refractivity (Wildman–Crippen MR) is 95.2 cm³/mol. The van der Waals surface area contributed by atoms with E-state index in [4.69, 9.17) is 9.47 Å². The molecule has 0 aliphatic heterocycles. The largest absolute Gasteiger partial charge is 0.383 e. The summed E-state index contributed by atoms with van der Waals surface area (Å²) in [6.07, 6.45) is 1.48. The fraction of sp³-hybridized carbons (Fsp3) is 0.688. The fourth-order valence-electron chi connectivity index (χ4n) is 2.48. The topological polar surface area (TPSA) is 81.1 Å². The maximum absolute atomic E-state index is 12.8. The first-order chi connectivity index (χ1) is 11.8. The fourth-order valence-corrected chi connectivity index (χ4v) is 4.01. The van der Waals surface area contributed by atoms with Crippen LogP contribution < -0.4 is 0 Å². The molecule has 0 aliphatic carbocycles. The van der Waals surface area contributed by atoms with E-state index in [9.17, 15) is 13.2 Å². The van der Waals surface area contributed by atoms with Gasteiger partial charge < -0.3 is 18.9 Å². The molecule has 144 valence electrons. The molecule has 0 spiro atoms. The first-order valence-corrected chi connectivity index (χ1v) is 9.71. The van der Waals surface area contributed by atoms with Crippen molar-refractivity contribution in [1.82, 2.24) is 13.8 Å². The van der Waals surface area contributed by atoms with Crippen molar-refractivity contribution in [3.63, 3.8) is 0 Å². The predicted octanol–water partition coefficient (Wildman–Crippen LogP) is 0.791. The van der Waals surface area contributed by atoms with Crippen LogP contribution in [0.15, 0.2) is 17.2 Å². The van der Waals surface area contributed by atoms with Gasteiger partial charge in [0, 0.05) is 53.6 Å². The molecule has 1 rings (SSSR count). The van der Waals surface area contributed by atoms with Crippen molar-refractivity contribution in [3.05, 3.63) is 18.0 Å². The molecule has 0 aromatic carbocycles. The second-order valence-electron chi connectivity index (χ2n) is 5.54. The molecular formula is C16H29N3O5S. The lowest BCUT2D eigenvalue weighted by Gasteiger charge is -2.22. The molecule has 1 heterocycles. The highest BCUT2D eigenvalue weighted by atomic mass is 32.2. The Morgan fingerprint density at radius 1 is 1.12 bits per heavy atom. The molecular weight excluding hydrogens is 346 g/mol. The minimum Gasteiger partial charge on any atom is -0.383 e. The second kappa shape index (κ2) is 9.91. The van der Waals surface area contributed by atoms with Gasteiger partial charge in [0.15, 0.2) is 0 Å². The Kier molecular flexibility index (Phi) is 8.57. The number of amides is 1. The molecule has 0 N–H and O–H groups in total. The van der Waals surface area contributed by atoms with Crippen LogP contribution in [0.1, 0.15) is 24.3 Å². The summed E-state index contributed by atoms with van der Waals surface area (Å²) in [6, 6.07) is 1.43. The van der Waals surface area contributed by atoms with Crippen LogP contribution in [0.2, 0.25) is 0 Å². The van der Waals surface area contributed by atoms with Gasteiger partial charge in [0.25, 0.3) is 5.91 Å². The number of carbonyl (C=O) groups excluding carboxylic acids is 1. The summed E-state index contributed by atoms with van der Waals surface area (Å²) in [5.74, 6) is -0.252. The van der Waals surface area contributed by atoms with E-state index in [2.05, 4.69) is 0 Å². The van der Waals surface area contributed by atoms with Crippen LogP contribution in [0.4, 0.5) is 0 Å². The van der Waals surface area contributed by atoms with Crippen molar-refractivity contribution in [2.75, 3.05) is 53.6 Å². The van der Waals surface area contributed by atoms with Gasteiger partial charge in [0.05, 0.1) is 13.2 Å². The zero-order chi connectivity index (χ0) is 19.0. The summed E-state index contributed by atoms with van der Waals surface area (Å²) < 4.78 is 38.3. The number of nitrogens with zero attached hydrogens (tertiary/aromatic N) is 3. The maximum Gasteiger partial charge on any atom is 0.270 e. The van der Waals surface area contributed by atoms with E-state index < -0.39 is 10.0 Å². The minimum absolute atomic E-state index is 0.125. The molecule has 8 nitrogen and oxygen atoms in total. The molecule has 0 atom stereocenters. The molecule has 0 unspecified atom stereocenters. The van der Waals surface area contributed by atoms with Crippen LogP contribution in [-0.4, -0.2) is 81.7 Å². The van der Waals surface area contributed by atoms with Gasteiger partial charge in [-0.25, -0.2) is 8.42 Å². The van der Waals surface area contributed by atoms with Gasteiger partial charge in [0.2, 0.25) is 10.0 Å². The maximum atomic E-state index is 12.8. The summed E-state index contributed by atoms with van der Waals surface area (Å²) in [5.41, 5.74) is 0.318. The quantitative estimate of drug-likeness (QED) is 0.571. The van der Waals surface area contributed by atoms with E-state index in [1.807, 2.05) is 0 Å². The molecule has 25 heavy (non-hydrogen) atoms. The van der Waals surface area contributed by atoms with Gasteiger partial charge in [-0.2, -0.15) is 4.31 Å². The molecule has 0 radical (unpaired) electrons. The summed E-state index contributed by atoms with van der Waals surface area (Å²) in [5, 5.41) is 0. The highest BCUT2D eigenvalue weighted by Gasteiger charge is 2.27. The smallest absolute Gasteiger partial charge is 0.270 e. The summed E-state index contributed by atoms with van der Waals surface area (Å²) in [7, 11) is 1.19. The van der Waals surface area contributed by atoms with E-state index in [-0.39, 0.29) is 10.8 Å². The van der Waals surface area contributed by atoms with Gasteiger partial charge in [-0.05, 0) is 6.07 Å². The summed E-state index contributed by atoms with van der Waals surface area (Å²) in [6.45, 7) is 5.93. The normalized spacial score (nSPS) is 11.9. The SMILES string of the molecule is CCN(CC)S(=O)(=O)c1cc(C(=O)N(CCOC)CCOC)n(C)c1. The Balaban J connectivity index is 3.12. The Bertz CT molecular complexity index is 645. The monoisotopic (exact) mass is 375 g/mol. The molecule has 1 aromatic heterocycles. The molecule has 0 saturated heterocycles. The number of rotatable bonds is 11. The van der Waals surface area contributed by atoms with Gasteiger partial charge in [-0.3, -0.25) is 4.79 Å². The van der Waals surface area contributed by atoms with Crippen LogP contribution >= 0.6 is 0 Å². The van der Waals surface area contributed by atoms with Crippen molar-refractivity contribution < 1.29 is 22.7 Å². The lowest BCUT2D eigenvalue weighted by molar-refractivity contribution is 0.0618. The van der Waals surface area contributed by atoms with Crippen molar-refractivity contribution in [3.8, 4) is 0 Å². The van der Waals surface area contributed by atoms with Crippen LogP contribution in [0.25, 0.3) is 0 Å². The number of hydrogen-bond acceptors (Lipinski definition) is 5. The van der Waals surface area contributed by atoms with Crippen LogP contribution in [0.3, 0.4) is 0 Å². The third-order valence-corrected chi connectivity index (χ3v) is 5.98. The highest BCUT2D eigenvalue weighted by molar-refractivity contribution is 7.89. The average Bonchev–Trinajstić information content (AvgIpc) is 2.98. The number of methoxy groups -OCH3 is 2. The zero-order valence-electron chi connectivity index (χ0n) is 15.7. The van der Waals surface area contributed by atoms with E-state index in [0.717, 1.165) is 0 Å². The lowest BCUT2D eigenvalue weighted by atomic mass is 10.3. The Morgan fingerprint density at radius 3 is 2.08 bits per heavy atom. The van der Waals surface area contributed by atoms with Gasteiger partial charge >= 0.3 is 0 Å². The number of ether oxygens (including phenoxy) is 2.